The molecule has 0 unspecified atom stereocenters. The van der Waals surface area contributed by atoms with Gasteiger partial charge in [-0.25, -0.2) is 4.39 Å². The van der Waals surface area contributed by atoms with Crippen LogP contribution in [0.4, 0.5) is 4.39 Å². The van der Waals surface area contributed by atoms with Crippen molar-refractivity contribution >= 4 is 0 Å². The molecule has 0 heterocycles. The standard InChI is InChI=1S/C16H26FNO/c1-5-13(6-2)11-19-16-8-14(7-15(17)9-16)10-18-12(3)4/h7-9,12-13,18H,5-6,10-11H2,1-4H3. The zero-order chi connectivity index (χ0) is 14.3. The zero-order valence-electron chi connectivity index (χ0n) is 12.5. The van der Waals surface area contributed by atoms with Crippen molar-refractivity contribution in [1.82, 2.24) is 5.32 Å². The van der Waals surface area contributed by atoms with Crippen molar-refractivity contribution < 1.29 is 9.13 Å². The van der Waals surface area contributed by atoms with Gasteiger partial charge in [-0.15, -0.1) is 0 Å². The quantitative estimate of drug-likeness (QED) is 0.764. The molecule has 0 aliphatic rings. The summed E-state index contributed by atoms with van der Waals surface area (Å²) in [5.41, 5.74) is 0.924. The molecule has 0 aliphatic carbocycles. The molecule has 0 amide bonds. The minimum atomic E-state index is -0.234. The molecule has 1 N–H and O–H groups in total. The van der Waals surface area contributed by atoms with Crippen molar-refractivity contribution in [2.45, 2.75) is 53.1 Å². The van der Waals surface area contributed by atoms with Crippen molar-refractivity contribution in [2.24, 2.45) is 5.92 Å². The van der Waals surface area contributed by atoms with E-state index in [0.29, 0.717) is 30.9 Å². The van der Waals surface area contributed by atoms with Crippen LogP contribution < -0.4 is 10.1 Å². The molecule has 108 valence electrons. The molecule has 0 radical (unpaired) electrons. The van der Waals surface area contributed by atoms with Gasteiger partial charge in [0.05, 0.1) is 6.61 Å². The van der Waals surface area contributed by atoms with E-state index in [1.54, 1.807) is 6.07 Å². The molecule has 2 nitrogen and oxygen atoms in total. The highest BCUT2D eigenvalue weighted by atomic mass is 19.1. The van der Waals surface area contributed by atoms with E-state index in [1.807, 2.05) is 6.07 Å². The first-order valence-corrected chi connectivity index (χ1v) is 7.20. The lowest BCUT2D eigenvalue weighted by Crippen LogP contribution is -2.21. The predicted octanol–water partition coefficient (Wildman–Crippen LogP) is 4.14. The van der Waals surface area contributed by atoms with Crippen molar-refractivity contribution in [3.05, 3.63) is 29.6 Å². The van der Waals surface area contributed by atoms with Crippen molar-refractivity contribution in [2.75, 3.05) is 6.61 Å². The molecule has 0 bridgehead atoms. The fourth-order valence-corrected chi connectivity index (χ4v) is 1.87. The SMILES string of the molecule is CCC(CC)COc1cc(F)cc(CNC(C)C)c1. The number of rotatable bonds is 8. The van der Waals surface area contributed by atoms with E-state index in [1.165, 1.54) is 6.07 Å². The van der Waals surface area contributed by atoms with Crippen LogP contribution in [0.5, 0.6) is 5.75 Å². The second kappa shape index (κ2) is 8.16. The monoisotopic (exact) mass is 267 g/mol. The summed E-state index contributed by atoms with van der Waals surface area (Å²) < 4.78 is 19.2. The summed E-state index contributed by atoms with van der Waals surface area (Å²) >= 11 is 0. The third-order valence-corrected chi connectivity index (χ3v) is 3.29. The molecule has 0 aromatic heterocycles. The summed E-state index contributed by atoms with van der Waals surface area (Å²) in [4.78, 5) is 0. The minimum Gasteiger partial charge on any atom is -0.493 e. The topological polar surface area (TPSA) is 21.3 Å². The van der Waals surface area contributed by atoms with Crippen molar-refractivity contribution in [1.29, 1.82) is 0 Å². The van der Waals surface area contributed by atoms with Crippen LogP contribution in [0.2, 0.25) is 0 Å². The smallest absolute Gasteiger partial charge is 0.127 e. The molecule has 0 saturated carbocycles. The first-order chi connectivity index (χ1) is 9.05. The van der Waals surface area contributed by atoms with E-state index in [4.69, 9.17) is 4.74 Å². The van der Waals surface area contributed by atoms with Gasteiger partial charge in [-0.2, -0.15) is 0 Å². The highest BCUT2D eigenvalue weighted by Gasteiger charge is 2.07. The van der Waals surface area contributed by atoms with Gasteiger partial charge < -0.3 is 10.1 Å². The Morgan fingerprint density at radius 3 is 2.42 bits per heavy atom. The number of hydrogen-bond acceptors (Lipinski definition) is 2. The van der Waals surface area contributed by atoms with Crippen LogP contribution in [0.15, 0.2) is 18.2 Å². The van der Waals surface area contributed by atoms with Gasteiger partial charge >= 0.3 is 0 Å². The number of benzene rings is 1. The van der Waals surface area contributed by atoms with E-state index in [9.17, 15) is 4.39 Å². The Morgan fingerprint density at radius 2 is 1.84 bits per heavy atom. The minimum absolute atomic E-state index is 0.234. The maximum atomic E-state index is 13.5. The highest BCUT2D eigenvalue weighted by molar-refractivity contribution is 5.29. The second-order valence-electron chi connectivity index (χ2n) is 5.32. The molecule has 0 atom stereocenters. The lowest BCUT2D eigenvalue weighted by atomic mass is 10.1. The molecular weight excluding hydrogens is 241 g/mol. The lowest BCUT2D eigenvalue weighted by Gasteiger charge is -2.15. The fourth-order valence-electron chi connectivity index (χ4n) is 1.87. The van der Waals surface area contributed by atoms with Gasteiger partial charge in [0.15, 0.2) is 0 Å². The molecule has 0 spiro atoms. The summed E-state index contributed by atoms with van der Waals surface area (Å²) in [7, 11) is 0. The summed E-state index contributed by atoms with van der Waals surface area (Å²) in [6, 6.07) is 5.32. The van der Waals surface area contributed by atoms with Crippen LogP contribution >= 0.6 is 0 Å². The molecule has 1 rings (SSSR count). The first-order valence-electron chi connectivity index (χ1n) is 7.20. The normalized spacial score (nSPS) is 11.3. The maximum absolute atomic E-state index is 13.5. The molecule has 1 aromatic rings. The van der Waals surface area contributed by atoms with Crippen LogP contribution in [0, 0.1) is 11.7 Å². The van der Waals surface area contributed by atoms with Crippen LogP contribution in [0.1, 0.15) is 46.1 Å². The molecule has 19 heavy (non-hydrogen) atoms. The highest BCUT2D eigenvalue weighted by Crippen LogP contribution is 2.18. The Bertz CT molecular complexity index is 375. The summed E-state index contributed by atoms with van der Waals surface area (Å²) in [6.45, 7) is 9.78. The Hall–Kier alpha value is -1.09. The van der Waals surface area contributed by atoms with Crippen LogP contribution in [0.25, 0.3) is 0 Å². The third-order valence-electron chi connectivity index (χ3n) is 3.29. The van der Waals surface area contributed by atoms with Gasteiger partial charge in [-0.05, 0) is 23.6 Å². The molecule has 0 fully saturated rings. The Kier molecular flexibility index (Phi) is 6.85. The summed E-state index contributed by atoms with van der Waals surface area (Å²) in [5, 5.41) is 3.28. The van der Waals surface area contributed by atoms with E-state index in [0.717, 1.165) is 18.4 Å². The second-order valence-corrected chi connectivity index (χ2v) is 5.32. The number of hydrogen-bond donors (Lipinski definition) is 1. The molecule has 0 saturated heterocycles. The number of halogens is 1. The van der Waals surface area contributed by atoms with Crippen LogP contribution in [-0.4, -0.2) is 12.6 Å². The van der Waals surface area contributed by atoms with Crippen molar-refractivity contribution in [3.8, 4) is 5.75 Å². The van der Waals surface area contributed by atoms with Crippen LogP contribution in [-0.2, 0) is 6.54 Å². The number of nitrogens with one attached hydrogen (secondary N) is 1. The van der Waals surface area contributed by atoms with Gasteiger partial charge in [0, 0.05) is 18.7 Å². The Balaban J connectivity index is 2.62. The molecule has 1 aromatic carbocycles. The lowest BCUT2D eigenvalue weighted by molar-refractivity contribution is 0.239. The zero-order valence-corrected chi connectivity index (χ0v) is 12.5. The van der Waals surface area contributed by atoms with E-state index in [-0.39, 0.29) is 5.82 Å². The third kappa shape index (κ3) is 6.06. The van der Waals surface area contributed by atoms with Gasteiger partial charge in [0.2, 0.25) is 0 Å². The van der Waals surface area contributed by atoms with Crippen molar-refractivity contribution in [3.63, 3.8) is 0 Å². The Morgan fingerprint density at radius 1 is 1.16 bits per heavy atom. The van der Waals surface area contributed by atoms with E-state index < -0.39 is 0 Å². The summed E-state index contributed by atoms with van der Waals surface area (Å²) in [5.74, 6) is 0.940. The van der Waals surface area contributed by atoms with Crippen LogP contribution in [0.3, 0.4) is 0 Å². The average Bonchev–Trinajstić information content (AvgIpc) is 2.37. The number of ether oxygens (including phenoxy) is 1. The average molecular weight is 267 g/mol. The summed E-state index contributed by atoms with van der Waals surface area (Å²) in [6.07, 6.45) is 2.18. The van der Waals surface area contributed by atoms with E-state index >= 15 is 0 Å². The van der Waals surface area contributed by atoms with Gasteiger partial charge in [0.1, 0.15) is 11.6 Å². The largest absolute Gasteiger partial charge is 0.493 e. The molecular formula is C16H26FNO. The Labute approximate surface area is 116 Å². The van der Waals surface area contributed by atoms with Gasteiger partial charge in [0.25, 0.3) is 0 Å². The predicted molar refractivity (Wildman–Crippen MR) is 77.9 cm³/mol. The maximum Gasteiger partial charge on any atom is 0.127 e. The molecule has 0 aliphatic heterocycles. The van der Waals surface area contributed by atoms with Gasteiger partial charge in [-0.1, -0.05) is 40.5 Å². The van der Waals surface area contributed by atoms with Gasteiger partial charge in [-0.3, -0.25) is 0 Å². The molecule has 3 heteroatoms. The van der Waals surface area contributed by atoms with E-state index in [2.05, 4.69) is 33.0 Å². The fraction of sp³-hybridized carbons (Fsp3) is 0.625. The first kappa shape index (κ1) is 16.0.